The van der Waals surface area contributed by atoms with Crippen molar-refractivity contribution in [2.75, 3.05) is 30.0 Å². The van der Waals surface area contributed by atoms with Gasteiger partial charge in [-0.2, -0.15) is 0 Å². The first-order valence-corrected chi connectivity index (χ1v) is 8.66. The fourth-order valence-corrected chi connectivity index (χ4v) is 3.54. The highest BCUT2D eigenvalue weighted by molar-refractivity contribution is 7.90. The van der Waals surface area contributed by atoms with Crippen LogP contribution in [0.3, 0.4) is 0 Å². The number of hydrogen-bond acceptors (Lipinski definition) is 4. The lowest BCUT2D eigenvalue weighted by atomic mass is 9.94. The largest absolute Gasteiger partial charge is 0.396 e. The first-order valence-electron chi connectivity index (χ1n) is 6.77. The van der Waals surface area contributed by atoms with Gasteiger partial charge < -0.3 is 10.6 Å². The molecule has 1 heterocycles. The number of nitrogens with zero attached hydrogens (tertiary/aromatic N) is 1. The first kappa shape index (κ1) is 14.2. The summed E-state index contributed by atoms with van der Waals surface area (Å²) >= 11 is 0. The number of piperidine rings is 1. The Morgan fingerprint density at radius 3 is 2.47 bits per heavy atom. The minimum atomic E-state index is -3.26. The van der Waals surface area contributed by atoms with Crippen LogP contribution in [-0.2, 0) is 9.84 Å². The molecule has 1 fully saturated rings. The molecule has 2 rings (SSSR count). The Bertz CT molecular complexity index is 547. The van der Waals surface area contributed by atoms with E-state index in [0.29, 0.717) is 5.69 Å². The molecule has 0 saturated carbocycles. The zero-order valence-corrected chi connectivity index (χ0v) is 12.4. The van der Waals surface area contributed by atoms with Crippen molar-refractivity contribution in [1.82, 2.24) is 0 Å². The molecule has 0 unspecified atom stereocenters. The highest BCUT2D eigenvalue weighted by Gasteiger charge is 2.22. The van der Waals surface area contributed by atoms with E-state index in [-0.39, 0.29) is 4.90 Å². The lowest BCUT2D eigenvalue weighted by molar-refractivity contribution is 0.395. The Hall–Kier alpha value is -1.23. The summed E-state index contributed by atoms with van der Waals surface area (Å²) in [6.45, 7) is 4.13. The average molecular weight is 282 g/mol. The smallest absolute Gasteiger partial charge is 0.177 e. The molecule has 4 nitrogen and oxygen atoms in total. The minimum absolute atomic E-state index is 0.239. The highest BCUT2D eigenvalue weighted by atomic mass is 32.2. The number of nitrogen functional groups attached to an aromatic ring is 1. The van der Waals surface area contributed by atoms with E-state index in [1.807, 2.05) is 6.07 Å². The average Bonchev–Trinajstić information content (AvgIpc) is 2.38. The molecule has 0 atom stereocenters. The lowest BCUT2D eigenvalue weighted by Gasteiger charge is -2.34. The Labute approximate surface area is 115 Å². The molecule has 0 amide bonds. The van der Waals surface area contributed by atoms with Crippen LogP contribution in [0.15, 0.2) is 23.1 Å². The fourth-order valence-electron chi connectivity index (χ4n) is 2.71. The number of rotatable bonds is 3. The molecule has 0 bridgehead atoms. The quantitative estimate of drug-likeness (QED) is 0.864. The Kier molecular flexibility index (Phi) is 4.04. The first-order chi connectivity index (χ1) is 8.93. The maximum Gasteiger partial charge on any atom is 0.177 e. The minimum Gasteiger partial charge on any atom is -0.396 e. The predicted octanol–water partition coefficient (Wildman–Crippen LogP) is 2.30. The van der Waals surface area contributed by atoms with E-state index < -0.39 is 9.84 Å². The van der Waals surface area contributed by atoms with Gasteiger partial charge in [-0.05, 0) is 30.9 Å². The fraction of sp³-hybridized carbons (Fsp3) is 0.571. The molecule has 0 radical (unpaired) electrons. The van der Waals surface area contributed by atoms with E-state index in [1.54, 1.807) is 12.1 Å². The van der Waals surface area contributed by atoms with Gasteiger partial charge in [-0.25, -0.2) is 8.42 Å². The number of anilines is 2. The molecule has 1 aliphatic rings. The predicted molar refractivity (Wildman–Crippen MR) is 79.2 cm³/mol. The second kappa shape index (κ2) is 5.41. The van der Waals surface area contributed by atoms with Crippen molar-refractivity contribution in [3.8, 4) is 0 Å². The van der Waals surface area contributed by atoms with Crippen molar-refractivity contribution in [3.05, 3.63) is 18.2 Å². The van der Waals surface area contributed by atoms with E-state index in [2.05, 4.69) is 11.8 Å². The number of sulfone groups is 1. The Morgan fingerprint density at radius 1 is 1.32 bits per heavy atom. The topological polar surface area (TPSA) is 63.4 Å². The Morgan fingerprint density at radius 2 is 1.95 bits per heavy atom. The van der Waals surface area contributed by atoms with Crippen molar-refractivity contribution < 1.29 is 8.42 Å². The summed E-state index contributed by atoms with van der Waals surface area (Å²) in [5.41, 5.74) is 7.29. The third-order valence-electron chi connectivity index (χ3n) is 3.98. The van der Waals surface area contributed by atoms with Crippen LogP contribution in [0.25, 0.3) is 0 Å². The summed E-state index contributed by atoms with van der Waals surface area (Å²) in [7, 11) is -3.26. The molecule has 1 aromatic rings. The summed E-state index contributed by atoms with van der Waals surface area (Å²) in [6, 6.07) is 5.26. The number of para-hydroxylation sites is 1. The molecule has 1 aliphatic heterocycles. The molecule has 5 heteroatoms. The van der Waals surface area contributed by atoms with Crippen LogP contribution in [0.5, 0.6) is 0 Å². The van der Waals surface area contributed by atoms with Crippen LogP contribution in [0, 0.1) is 5.92 Å². The van der Waals surface area contributed by atoms with E-state index in [0.717, 1.165) is 37.5 Å². The second-order valence-electron chi connectivity index (χ2n) is 5.30. The van der Waals surface area contributed by atoms with Gasteiger partial charge in [0.15, 0.2) is 9.84 Å². The van der Waals surface area contributed by atoms with Crippen LogP contribution in [0.2, 0.25) is 0 Å². The molecule has 106 valence electrons. The van der Waals surface area contributed by atoms with Gasteiger partial charge in [0.05, 0.1) is 16.3 Å². The monoisotopic (exact) mass is 282 g/mol. The molecule has 1 aromatic carbocycles. The zero-order chi connectivity index (χ0) is 14.0. The van der Waals surface area contributed by atoms with Crippen molar-refractivity contribution in [2.24, 2.45) is 5.92 Å². The normalized spacial score (nSPS) is 17.7. The van der Waals surface area contributed by atoms with E-state index in [4.69, 9.17) is 5.73 Å². The standard InChI is InChI=1S/C14H22N2O2S/c1-3-11-7-9-16(10-8-11)12-5-4-6-13(14(12)15)19(2,17)18/h4-6,11H,3,7-10,15H2,1-2H3. The molecule has 1 saturated heterocycles. The summed E-state index contributed by atoms with van der Waals surface area (Å²) in [4.78, 5) is 2.44. The lowest BCUT2D eigenvalue weighted by Crippen LogP contribution is -2.34. The second-order valence-corrected chi connectivity index (χ2v) is 7.28. The summed E-state index contributed by atoms with van der Waals surface area (Å²) in [5, 5.41) is 0. The van der Waals surface area contributed by atoms with Gasteiger partial charge in [-0.15, -0.1) is 0 Å². The van der Waals surface area contributed by atoms with Crippen LogP contribution in [0.4, 0.5) is 11.4 Å². The molecule has 0 spiro atoms. The maximum atomic E-state index is 11.7. The van der Waals surface area contributed by atoms with E-state index >= 15 is 0 Å². The van der Waals surface area contributed by atoms with Gasteiger partial charge in [-0.3, -0.25) is 0 Å². The van der Waals surface area contributed by atoms with Gasteiger partial charge >= 0.3 is 0 Å². The highest BCUT2D eigenvalue weighted by Crippen LogP contribution is 2.32. The van der Waals surface area contributed by atoms with Crippen LogP contribution < -0.4 is 10.6 Å². The molecular weight excluding hydrogens is 260 g/mol. The van der Waals surface area contributed by atoms with E-state index in [9.17, 15) is 8.42 Å². The summed E-state index contributed by atoms with van der Waals surface area (Å²) < 4.78 is 23.4. The number of nitrogens with two attached hydrogens (primary N) is 1. The zero-order valence-electron chi connectivity index (χ0n) is 11.6. The van der Waals surface area contributed by atoms with Crippen molar-refractivity contribution in [1.29, 1.82) is 0 Å². The molecule has 2 N–H and O–H groups in total. The summed E-state index contributed by atoms with van der Waals surface area (Å²) in [5.74, 6) is 0.788. The third kappa shape index (κ3) is 3.03. The van der Waals surface area contributed by atoms with Crippen molar-refractivity contribution in [3.63, 3.8) is 0 Å². The molecule has 0 aliphatic carbocycles. The van der Waals surface area contributed by atoms with Crippen molar-refractivity contribution in [2.45, 2.75) is 31.1 Å². The molecule has 19 heavy (non-hydrogen) atoms. The molecule has 0 aromatic heterocycles. The maximum absolute atomic E-state index is 11.7. The van der Waals surface area contributed by atoms with E-state index in [1.165, 1.54) is 12.7 Å². The van der Waals surface area contributed by atoms with Crippen LogP contribution >= 0.6 is 0 Å². The number of hydrogen-bond donors (Lipinski definition) is 1. The van der Waals surface area contributed by atoms with Gasteiger partial charge in [0.25, 0.3) is 0 Å². The SMILES string of the molecule is CCC1CCN(c2cccc(S(C)(=O)=O)c2N)CC1. The Balaban J connectivity index is 2.27. The van der Waals surface area contributed by atoms with Crippen LogP contribution in [0.1, 0.15) is 26.2 Å². The van der Waals surface area contributed by atoms with Gasteiger partial charge in [0, 0.05) is 19.3 Å². The van der Waals surface area contributed by atoms with Crippen molar-refractivity contribution >= 4 is 21.2 Å². The third-order valence-corrected chi connectivity index (χ3v) is 5.13. The summed E-state index contributed by atoms with van der Waals surface area (Å²) in [6.07, 6.45) is 4.72. The van der Waals surface area contributed by atoms with Gasteiger partial charge in [-0.1, -0.05) is 19.4 Å². The van der Waals surface area contributed by atoms with Crippen LogP contribution in [-0.4, -0.2) is 27.8 Å². The molecular formula is C14H22N2O2S. The van der Waals surface area contributed by atoms with Gasteiger partial charge in [0.2, 0.25) is 0 Å². The number of benzene rings is 1. The van der Waals surface area contributed by atoms with Gasteiger partial charge in [0.1, 0.15) is 0 Å².